The molecule has 0 aliphatic carbocycles. The van der Waals surface area contributed by atoms with Crippen LogP contribution in [-0.2, 0) is 35.1 Å². The molecule has 0 radical (unpaired) electrons. The van der Waals surface area contributed by atoms with Gasteiger partial charge in [0.15, 0.2) is 0 Å². The van der Waals surface area contributed by atoms with Gasteiger partial charge in [0.2, 0.25) is 0 Å². The molecule has 0 aromatic heterocycles. The second kappa shape index (κ2) is 12.2. The predicted octanol–water partition coefficient (Wildman–Crippen LogP) is 11.9. The molecule has 9 heteroatoms. The summed E-state index contributed by atoms with van der Waals surface area (Å²) < 4.78 is 43.2. The van der Waals surface area contributed by atoms with Gasteiger partial charge in [0, 0.05) is 11.1 Å². The van der Waals surface area contributed by atoms with E-state index in [1.807, 2.05) is 18.2 Å². The number of benzene rings is 4. The molecule has 262 valence electrons. The van der Waals surface area contributed by atoms with Crippen molar-refractivity contribution in [2.24, 2.45) is 0 Å². The molecule has 0 saturated carbocycles. The predicted molar refractivity (Wildman–Crippen MR) is 200 cm³/mol. The molecule has 4 aromatic carbocycles. The van der Waals surface area contributed by atoms with Gasteiger partial charge >= 0.3 is 15.6 Å². The summed E-state index contributed by atoms with van der Waals surface area (Å²) in [5.41, 5.74) is 8.68. The summed E-state index contributed by atoms with van der Waals surface area (Å²) in [6.45, 7) is 26.1. The van der Waals surface area contributed by atoms with Crippen molar-refractivity contribution in [2.45, 2.75) is 105 Å². The van der Waals surface area contributed by atoms with E-state index >= 15 is 0 Å². The summed E-state index contributed by atoms with van der Waals surface area (Å²) in [4.78, 5) is 19.7. The van der Waals surface area contributed by atoms with Crippen LogP contribution >= 0.6 is 15.6 Å². The van der Waals surface area contributed by atoms with Gasteiger partial charge in [0.1, 0.15) is 11.5 Å². The molecule has 1 unspecified atom stereocenters. The summed E-state index contributed by atoms with van der Waals surface area (Å²) in [6.07, 6.45) is 0. The minimum absolute atomic E-state index is 0.0842. The summed E-state index contributed by atoms with van der Waals surface area (Å²) in [7, 11) is -10.3. The van der Waals surface area contributed by atoms with E-state index in [0.717, 1.165) is 44.5 Å². The van der Waals surface area contributed by atoms with Crippen molar-refractivity contribution in [3.05, 3.63) is 95.1 Å². The first-order chi connectivity index (χ1) is 22.3. The van der Waals surface area contributed by atoms with Crippen LogP contribution in [0.2, 0.25) is 0 Å². The zero-order chi connectivity index (χ0) is 36.5. The van der Waals surface area contributed by atoms with Crippen molar-refractivity contribution >= 4 is 15.6 Å². The van der Waals surface area contributed by atoms with E-state index < -0.39 is 15.6 Å². The molecule has 0 fully saturated rings. The molecule has 4 bridgehead atoms. The van der Waals surface area contributed by atoms with Gasteiger partial charge in [0.25, 0.3) is 0 Å². The molecule has 0 saturated heterocycles. The summed E-state index contributed by atoms with van der Waals surface area (Å²) in [5.74, 6) is 0.202. The largest absolute Gasteiger partial charge is 0.596 e. The maximum Gasteiger partial charge on any atom is 0.596 e. The third-order valence-electron chi connectivity index (χ3n) is 8.89. The Morgan fingerprint density at radius 2 is 1.02 bits per heavy atom. The minimum Gasteiger partial charge on any atom is -0.395 e. The molecule has 4 aromatic rings. The van der Waals surface area contributed by atoms with E-state index in [0.29, 0.717) is 5.56 Å². The monoisotopic (exact) mass is 704 g/mol. The fraction of sp³-hybridized carbons (Fsp3) is 0.400. The first-order valence-corrected chi connectivity index (χ1v) is 19.6. The van der Waals surface area contributed by atoms with Crippen LogP contribution < -0.4 is 9.05 Å². The quantitative estimate of drug-likeness (QED) is 0.204. The highest BCUT2D eigenvalue weighted by atomic mass is 31.3. The Bertz CT molecular complexity index is 2000. The number of hydrogen-bond acceptors (Lipinski definition) is 5. The summed E-state index contributed by atoms with van der Waals surface area (Å²) in [6, 6.07) is 23.5. The second-order valence-electron chi connectivity index (χ2n) is 17.1. The molecule has 4 heterocycles. The molecule has 2 N–H and O–H groups in total. The van der Waals surface area contributed by atoms with Crippen LogP contribution in [0.15, 0.2) is 72.8 Å². The van der Waals surface area contributed by atoms with Crippen molar-refractivity contribution in [2.75, 3.05) is 0 Å². The van der Waals surface area contributed by atoms with Crippen LogP contribution in [0.1, 0.15) is 105 Å². The van der Waals surface area contributed by atoms with Crippen molar-refractivity contribution in [3.8, 4) is 44.9 Å². The smallest absolute Gasteiger partial charge is 0.395 e. The van der Waals surface area contributed by atoms with Crippen LogP contribution in [0.3, 0.4) is 0 Å². The summed E-state index contributed by atoms with van der Waals surface area (Å²) in [5, 5.41) is 0. The molecule has 4 aliphatic rings. The van der Waals surface area contributed by atoms with Gasteiger partial charge in [-0.05, 0) is 84.4 Å². The maximum atomic E-state index is 14.3. The van der Waals surface area contributed by atoms with E-state index in [-0.39, 0.29) is 33.2 Å². The zero-order valence-corrected chi connectivity index (χ0v) is 32.5. The van der Waals surface area contributed by atoms with Gasteiger partial charge in [-0.15, -0.1) is 0 Å². The van der Waals surface area contributed by atoms with Crippen molar-refractivity contribution in [3.63, 3.8) is 0 Å². The third-order valence-corrected chi connectivity index (χ3v) is 11.4. The molecule has 8 rings (SSSR count). The van der Waals surface area contributed by atoms with Crippen molar-refractivity contribution < 1.29 is 32.3 Å². The molecular weight excluding hydrogens is 654 g/mol. The Kier molecular flexibility index (Phi) is 9.27. The number of rotatable bonds is 4. The fourth-order valence-corrected chi connectivity index (χ4v) is 8.39. The van der Waals surface area contributed by atoms with E-state index in [2.05, 4.69) is 119 Å². The Morgan fingerprint density at radius 1 is 0.571 bits per heavy atom. The third kappa shape index (κ3) is 7.93. The lowest BCUT2D eigenvalue weighted by Crippen LogP contribution is -2.19. The van der Waals surface area contributed by atoms with Crippen LogP contribution in [0, 0.1) is 0 Å². The lowest BCUT2D eigenvalue weighted by Gasteiger charge is -2.32. The van der Waals surface area contributed by atoms with Crippen LogP contribution in [-0.4, -0.2) is 9.79 Å². The Hall–Kier alpha value is -3.18. The van der Waals surface area contributed by atoms with Crippen LogP contribution in [0.4, 0.5) is 0 Å². The SMILES string of the molecule is CC(C)(C)c1ccc(-c2c3ccc(c2-c2ccc(C(C)(C)C)cc2C(C)(C)C)-c2ccc(cc2)OP(=O)(OP(=O)(O)O)O3)c(C(C)(C)C)c1. The highest BCUT2D eigenvalue weighted by Crippen LogP contribution is 2.63. The Morgan fingerprint density at radius 3 is 1.45 bits per heavy atom. The van der Waals surface area contributed by atoms with Gasteiger partial charge in [0.05, 0.1) is 0 Å². The molecule has 0 spiro atoms. The molecular formula is C40H50O7P2. The number of hydrogen-bond donors (Lipinski definition) is 2. The number of phosphoric acid groups is 2. The van der Waals surface area contributed by atoms with Gasteiger partial charge in [-0.3, -0.25) is 0 Å². The topological polar surface area (TPSA) is 102 Å². The Labute approximate surface area is 291 Å². The fourth-order valence-electron chi connectivity index (χ4n) is 6.27. The van der Waals surface area contributed by atoms with Crippen LogP contribution in [0.5, 0.6) is 11.5 Å². The minimum atomic E-state index is -5.33. The average molecular weight is 705 g/mol. The second-order valence-corrected chi connectivity index (χ2v) is 20.0. The standard InChI is InChI=1S/C40H50O7P2/c1-37(2,3)26-15-19-30(32(23-26)39(7,8)9)35-29-21-22-34(36(35)31-20-16-27(38(4,5)6)24-33(31)40(10,11)12)46-49(44,47-48(41,42)43)45-28-17-13-25(29)14-18-28/h13-24H,1-12H3,(H2,41,42,43). The lowest BCUT2D eigenvalue weighted by molar-refractivity contribution is 0.234. The van der Waals surface area contributed by atoms with Crippen molar-refractivity contribution in [1.29, 1.82) is 0 Å². The maximum absolute atomic E-state index is 14.3. The molecule has 0 amide bonds. The van der Waals surface area contributed by atoms with E-state index in [4.69, 9.17) is 13.4 Å². The van der Waals surface area contributed by atoms with Gasteiger partial charge in [-0.1, -0.05) is 138 Å². The molecule has 7 nitrogen and oxygen atoms in total. The first kappa shape index (κ1) is 37.1. The van der Waals surface area contributed by atoms with Gasteiger partial charge in [-0.25, -0.2) is 9.13 Å². The van der Waals surface area contributed by atoms with Crippen molar-refractivity contribution in [1.82, 2.24) is 0 Å². The van der Waals surface area contributed by atoms with E-state index in [1.165, 1.54) is 5.56 Å². The Balaban J connectivity index is 2.03. The lowest BCUT2D eigenvalue weighted by atomic mass is 9.73. The highest BCUT2D eigenvalue weighted by molar-refractivity contribution is 7.61. The number of phosphoric ester groups is 1. The molecule has 49 heavy (non-hydrogen) atoms. The van der Waals surface area contributed by atoms with E-state index in [1.54, 1.807) is 18.2 Å². The first-order valence-electron chi connectivity index (χ1n) is 16.6. The average Bonchev–Trinajstić information content (AvgIpc) is 2.99. The normalized spacial score (nSPS) is 17.0. The van der Waals surface area contributed by atoms with Gasteiger partial charge < -0.3 is 18.8 Å². The van der Waals surface area contributed by atoms with E-state index in [9.17, 15) is 18.9 Å². The summed E-state index contributed by atoms with van der Waals surface area (Å²) >= 11 is 0. The van der Waals surface area contributed by atoms with Gasteiger partial charge in [-0.2, -0.15) is 4.31 Å². The molecule has 1 atom stereocenters. The zero-order valence-electron chi connectivity index (χ0n) is 30.8. The highest BCUT2D eigenvalue weighted by Gasteiger charge is 2.42. The molecule has 4 aliphatic heterocycles. The van der Waals surface area contributed by atoms with Crippen LogP contribution in [0.25, 0.3) is 33.4 Å².